The van der Waals surface area contributed by atoms with Gasteiger partial charge >= 0.3 is 0 Å². The van der Waals surface area contributed by atoms with Gasteiger partial charge in [0.15, 0.2) is 0 Å². The van der Waals surface area contributed by atoms with Crippen molar-refractivity contribution in [2.45, 2.75) is 30.4 Å². The zero-order valence-electron chi connectivity index (χ0n) is 8.24. The monoisotopic (exact) mass is 214 g/mol. The summed E-state index contributed by atoms with van der Waals surface area (Å²) in [6.07, 6.45) is 2.35. The van der Waals surface area contributed by atoms with Gasteiger partial charge in [-0.25, -0.2) is 5.84 Å². The van der Waals surface area contributed by atoms with Crippen LogP contribution in [0, 0.1) is 6.92 Å². The highest BCUT2D eigenvalue weighted by atomic mass is 32.2. The van der Waals surface area contributed by atoms with Crippen molar-refractivity contribution in [3.8, 4) is 0 Å². The first-order valence-electron chi connectivity index (χ1n) is 4.40. The van der Waals surface area contributed by atoms with Crippen molar-refractivity contribution in [3.63, 3.8) is 0 Å². The second kappa shape index (κ2) is 5.07. The lowest BCUT2D eigenvalue weighted by molar-refractivity contribution is -0.120. The fourth-order valence-electron chi connectivity index (χ4n) is 1.06. The Morgan fingerprint density at radius 1 is 1.79 bits per heavy atom. The molecule has 0 aliphatic carbocycles. The van der Waals surface area contributed by atoms with E-state index in [-0.39, 0.29) is 11.2 Å². The minimum absolute atomic E-state index is 0.155. The molecule has 1 atom stereocenters. The van der Waals surface area contributed by atoms with Gasteiger partial charge in [0.2, 0.25) is 5.91 Å². The Labute approximate surface area is 87.2 Å². The summed E-state index contributed by atoms with van der Waals surface area (Å²) in [4.78, 5) is 12.3. The van der Waals surface area contributed by atoms with Gasteiger partial charge in [0.1, 0.15) is 5.76 Å². The quantitative estimate of drug-likeness (QED) is 0.344. The minimum Gasteiger partial charge on any atom is -0.468 e. The highest BCUT2D eigenvalue weighted by Crippen LogP contribution is 2.28. The van der Waals surface area contributed by atoms with Crippen molar-refractivity contribution < 1.29 is 9.21 Å². The van der Waals surface area contributed by atoms with E-state index in [2.05, 4.69) is 5.43 Å². The van der Waals surface area contributed by atoms with Crippen LogP contribution in [0.2, 0.25) is 0 Å². The van der Waals surface area contributed by atoms with Crippen LogP contribution >= 0.6 is 11.8 Å². The molecule has 0 aliphatic rings. The van der Waals surface area contributed by atoms with Crippen LogP contribution in [0.15, 0.2) is 21.6 Å². The van der Waals surface area contributed by atoms with Gasteiger partial charge in [0.25, 0.3) is 0 Å². The number of aryl methyl sites for hydroxylation is 1. The molecule has 1 unspecified atom stereocenters. The highest BCUT2D eigenvalue weighted by molar-refractivity contribution is 8.00. The van der Waals surface area contributed by atoms with E-state index in [4.69, 9.17) is 10.3 Å². The number of amides is 1. The molecule has 0 bridgehead atoms. The summed E-state index contributed by atoms with van der Waals surface area (Å²) >= 11 is 1.47. The molecule has 1 rings (SSSR count). The summed E-state index contributed by atoms with van der Waals surface area (Å²) in [5.74, 6) is 5.76. The van der Waals surface area contributed by atoms with Gasteiger partial charge in [0.05, 0.1) is 11.5 Å². The lowest BCUT2D eigenvalue weighted by atomic mass is 10.3. The molecule has 0 aromatic carbocycles. The summed E-state index contributed by atoms with van der Waals surface area (Å²) in [7, 11) is 0. The molecule has 1 aromatic heterocycles. The molecule has 0 saturated heterocycles. The van der Waals surface area contributed by atoms with Crippen molar-refractivity contribution in [1.29, 1.82) is 0 Å². The average Bonchev–Trinajstić information content (AvgIpc) is 2.59. The molecule has 5 heteroatoms. The second-order valence-electron chi connectivity index (χ2n) is 2.86. The van der Waals surface area contributed by atoms with E-state index >= 15 is 0 Å². The van der Waals surface area contributed by atoms with Crippen LogP contribution in [0.5, 0.6) is 0 Å². The van der Waals surface area contributed by atoms with Crippen LogP contribution in [0.1, 0.15) is 19.1 Å². The number of hydrazine groups is 1. The second-order valence-corrected chi connectivity index (χ2v) is 4.11. The lowest BCUT2D eigenvalue weighted by Crippen LogP contribution is -2.37. The fourth-order valence-corrected chi connectivity index (χ4v) is 2.06. The van der Waals surface area contributed by atoms with Gasteiger partial charge in [0, 0.05) is 4.90 Å². The van der Waals surface area contributed by atoms with Crippen molar-refractivity contribution in [2.24, 2.45) is 5.84 Å². The molecule has 1 amide bonds. The SMILES string of the molecule is CCC(Sc1ccoc1C)C(=O)NN. The van der Waals surface area contributed by atoms with Crippen LogP contribution in [-0.4, -0.2) is 11.2 Å². The first-order valence-corrected chi connectivity index (χ1v) is 5.28. The third kappa shape index (κ3) is 2.52. The molecule has 0 spiro atoms. The Hall–Kier alpha value is -0.940. The smallest absolute Gasteiger partial charge is 0.247 e. The van der Waals surface area contributed by atoms with E-state index in [9.17, 15) is 4.79 Å². The zero-order chi connectivity index (χ0) is 10.6. The molecule has 0 fully saturated rings. The third-order valence-electron chi connectivity index (χ3n) is 1.89. The largest absolute Gasteiger partial charge is 0.468 e. The number of hydrogen-bond donors (Lipinski definition) is 2. The van der Waals surface area contributed by atoms with Crippen LogP contribution in [0.3, 0.4) is 0 Å². The summed E-state index contributed by atoms with van der Waals surface area (Å²) in [5.41, 5.74) is 2.16. The van der Waals surface area contributed by atoms with E-state index in [0.717, 1.165) is 17.1 Å². The summed E-state index contributed by atoms with van der Waals surface area (Å²) in [6.45, 7) is 3.82. The van der Waals surface area contributed by atoms with Crippen LogP contribution in [0.25, 0.3) is 0 Å². The van der Waals surface area contributed by atoms with Crippen molar-refractivity contribution in [3.05, 3.63) is 18.1 Å². The van der Waals surface area contributed by atoms with Crippen LogP contribution in [-0.2, 0) is 4.79 Å². The van der Waals surface area contributed by atoms with Gasteiger partial charge in [-0.15, -0.1) is 11.8 Å². The molecule has 78 valence electrons. The molecule has 0 aliphatic heterocycles. The van der Waals surface area contributed by atoms with Gasteiger partial charge in [-0.05, 0) is 19.4 Å². The lowest BCUT2D eigenvalue weighted by Gasteiger charge is -2.11. The maximum Gasteiger partial charge on any atom is 0.247 e. The molecule has 0 saturated carbocycles. The maximum absolute atomic E-state index is 11.3. The first kappa shape index (κ1) is 11.1. The van der Waals surface area contributed by atoms with Crippen LogP contribution in [0.4, 0.5) is 0 Å². The normalized spacial score (nSPS) is 12.5. The average molecular weight is 214 g/mol. The number of rotatable bonds is 4. The third-order valence-corrected chi connectivity index (χ3v) is 3.40. The summed E-state index contributed by atoms with van der Waals surface area (Å²) in [5, 5.41) is -0.156. The van der Waals surface area contributed by atoms with Crippen molar-refractivity contribution in [1.82, 2.24) is 5.43 Å². The van der Waals surface area contributed by atoms with Gasteiger partial charge < -0.3 is 4.42 Å². The van der Waals surface area contributed by atoms with Gasteiger partial charge in [-0.3, -0.25) is 10.2 Å². The number of carbonyl (C=O) groups is 1. The summed E-state index contributed by atoms with van der Waals surface area (Å²) in [6, 6.07) is 1.85. The Morgan fingerprint density at radius 3 is 2.93 bits per heavy atom. The Morgan fingerprint density at radius 2 is 2.50 bits per heavy atom. The molecule has 1 heterocycles. The molecular weight excluding hydrogens is 200 g/mol. The number of hydrogen-bond acceptors (Lipinski definition) is 4. The molecule has 1 aromatic rings. The molecule has 0 radical (unpaired) electrons. The van der Waals surface area contributed by atoms with Crippen molar-refractivity contribution in [2.75, 3.05) is 0 Å². The molecular formula is C9H14N2O2S. The van der Waals surface area contributed by atoms with Gasteiger partial charge in [-0.1, -0.05) is 6.92 Å². The Kier molecular flexibility index (Phi) is 4.03. The number of thioether (sulfide) groups is 1. The maximum atomic E-state index is 11.3. The standard InChI is InChI=1S/C9H14N2O2S/c1-3-7(9(12)11-10)14-8-4-5-13-6(8)2/h4-5,7H,3,10H2,1-2H3,(H,11,12). The van der Waals surface area contributed by atoms with Crippen LogP contribution < -0.4 is 11.3 Å². The predicted octanol–water partition coefficient (Wildman–Crippen LogP) is 1.45. The number of nitrogens with one attached hydrogen (secondary N) is 1. The fraction of sp³-hybridized carbons (Fsp3) is 0.444. The number of carbonyl (C=O) groups excluding carboxylic acids is 1. The van der Waals surface area contributed by atoms with E-state index in [0.29, 0.717) is 0 Å². The summed E-state index contributed by atoms with van der Waals surface area (Å²) < 4.78 is 5.14. The number of furan rings is 1. The Balaban J connectivity index is 2.66. The topological polar surface area (TPSA) is 68.3 Å². The van der Waals surface area contributed by atoms with Crippen molar-refractivity contribution >= 4 is 17.7 Å². The number of nitrogens with two attached hydrogens (primary N) is 1. The molecule has 14 heavy (non-hydrogen) atoms. The first-order chi connectivity index (χ1) is 6.69. The predicted molar refractivity (Wildman–Crippen MR) is 55.7 cm³/mol. The zero-order valence-corrected chi connectivity index (χ0v) is 9.06. The molecule has 3 N–H and O–H groups in total. The van der Waals surface area contributed by atoms with E-state index in [1.165, 1.54) is 11.8 Å². The molecule has 4 nitrogen and oxygen atoms in total. The highest BCUT2D eigenvalue weighted by Gasteiger charge is 2.18. The van der Waals surface area contributed by atoms with Gasteiger partial charge in [-0.2, -0.15) is 0 Å². The minimum atomic E-state index is -0.156. The van der Waals surface area contributed by atoms with E-state index in [1.807, 2.05) is 19.9 Å². The Bertz CT molecular complexity index is 312. The van der Waals surface area contributed by atoms with E-state index < -0.39 is 0 Å². The van der Waals surface area contributed by atoms with E-state index in [1.54, 1.807) is 6.26 Å².